The molecule has 1 saturated carbocycles. The van der Waals surface area contributed by atoms with Crippen LogP contribution in [0.4, 0.5) is 0 Å². The third-order valence-corrected chi connectivity index (χ3v) is 12.6. The number of rotatable bonds is 2. The highest BCUT2D eigenvalue weighted by molar-refractivity contribution is 9.51. The van der Waals surface area contributed by atoms with Gasteiger partial charge in [0.1, 0.15) is 0 Å². The van der Waals surface area contributed by atoms with Crippen LogP contribution < -0.4 is 0 Å². The van der Waals surface area contributed by atoms with Crippen molar-refractivity contribution >= 4 is 35.9 Å². The minimum atomic E-state index is -1.15. The van der Waals surface area contributed by atoms with E-state index in [0.29, 0.717) is 0 Å². The van der Waals surface area contributed by atoms with E-state index < -0.39 is 5.31 Å². The molecule has 0 amide bonds. The molecule has 0 unspecified atom stereocenters. The van der Waals surface area contributed by atoms with Crippen LogP contribution in [0.1, 0.15) is 39.0 Å². The van der Waals surface area contributed by atoms with Gasteiger partial charge in [0.05, 0.1) is 0 Å². The smallest absolute Gasteiger partial charge is 0.111 e. The second-order valence-electron chi connectivity index (χ2n) is 3.45. The standard InChI is InChI=1S/C8H16Br2Si/c1-2-11(9,10)8-6-4-3-5-7-8/h8H,2-7H2,1H3. The van der Waals surface area contributed by atoms with E-state index in [4.69, 9.17) is 0 Å². The summed E-state index contributed by atoms with van der Waals surface area (Å²) in [6, 6.07) is 1.32. The Morgan fingerprint density at radius 3 is 2.18 bits per heavy atom. The summed E-state index contributed by atoms with van der Waals surface area (Å²) in [5.41, 5.74) is 0.987. The van der Waals surface area contributed by atoms with E-state index in [1.165, 1.54) is 38.1 Å². The molecule has 66 valence electrons. The molecule has 0 saturated heterocycles. The van der Waals surface area contributed by atoms with Gasteiger partial charge >= 0.3 is 0 Å². The fourth-order valence-electron chi connectivity index (χ4n) is 1.81. The molecule has 0 aromatic rings. The monoisotopic (exact) mass is 298 g/mol. The Morgan fingerprint density at radius 2 is 1.73 bits per heavy atom. The maximum absolute atomic E-state index is 3.90. The molecule has 1 fully saturated rings. The van der Waals surface area contributed by atoms with Crippen molar-refractivity contribution in [3.63, 3.8) is 0 Å². The van der Waals surface area contributed by atoms with E-state index in [1.54, 1.807) is 0 Å². The fraction of sp³-hybridized carbons (Fsp3) is 1.00. The molecular formula is C8H16Br2Si. The van der Waals surface area contributed by atoms with Gasteiger partial charge in [0.15, 0.2) is 0 Å². The topological polar surface area (TPSA) is 0 Å². The SMILES string of the molecule is CC[Si](Br)(Br)C1CCCCC1. The maximum Gasteiger partial charge on any atom is 0.203 e. The summed E-state index contributed by atoms with van der Waals surface area (Å²) in [7, 11) is 0. The minimum Gasteiger partial charge on any atom is -0.111 e. The number of hydrogen-bond donors (Lipinski definition) is 0. The highest BCUT2D eigenvalue weighted by Gasteiger charge is 2.35. The van der Waals surface area contributed by atoms with Crippen LogP contribution in [-0.4, -0.2) is 5.31 Å². The lowest BCUT2D eigenvalue weighted by Crippen LogP contribution is -2.26. The van der Waals surface area contributed by atoms with E-state index in [-0.39, 0.29) is 0 Å². The second kappa shape index (κ2) is 4.42. The molecular weight excluding hydrogens is 284 g/mol. The van der Waals surface area contributed by atoms with Crippen LogP contribution in [0.25, 0.3) is 0 Å². The van der Waals surface area contributed by atoms with E-state index in [2.05, 4.69) is 37.5 Å². The van der Waals surface area contributed by atoms with Crippen molar-refractivity contribution < 1.29 is 0 Å². The van der Waals surface area contributed by atoms with E-state index in [1.807, 2.05) is 0 Å². The van der Waals surface area contributed by atoms with Gasteiger partial charge in [-0.25, -0.2) is 0 Å². The fourth-order valence-corrected chi connectivity index (χ4v) is 6.39. The predicted octanol–water partition coefficient (Wildman–Crippen LogP) is 4.57. The first-order chi connectivity index (χ1) is 5.17. The molecule has 0 aromatic carbocycles. The number of hydrogen-bond acceptors (Lipinski definition) is 0. The average molecular weight is 300 g/mol. The Bertz CT molecular complexity index is 119. The van der Waals surface area contributed by atoms with Crippen LogP contribution in [0.5, 0.6) is 0 Å². The molecule has 0 bridgehead atoms. The second-order valence-corrected chi connectivity index (χ2v) is 18.2. The molecule has 0 heterocycles. The van der Waals surface area contributed by atoms with Gasteiger partial charge < -0.3 is 0 Å². The lowest BCUT2D eigenvalue weighted by atomic mass is 10.0. The van der Waals surface area contributed by atoms with Gasteiger partial charge in [0.2, 0.25) is 5.31 Å². The highest BCUT2D eigenvalue weighted by atomic mass is 79.9. The summed E-state index contributed by atoms with van der Waals surface area (Å²) < 4.78 is 0. The Kier molecular flexibility index (Phi) is 4.13. The van der Waals surface area contributed by atoms with Crippen molar-refractivity contribution in [1.82, 2.24) is 0 Å². The van der Waals surface area contributed by atoms with E-state index in [0.717, 1.165) is 5.54 Å². The molecule has 1 aliphatic carbocycles. The molecule has 1 aliphatic rings. The van der Waals surface area contributed by atoms with Crippen LogP contribution >= 0.6 is 30.6 Å². The van der Waals surface area contributed by atoms with Crippen molar-refractivity contribution in [1.29, 1.82) is 0 Å². The van der Waals surface area contributed by atoms with Crippen molar-refractivity contribution in [3.8, 4) is 0 Å². The normalized spacial score (nSPS) is 22.1. The van der Waals surface area contributed by atoms with E-state index in [9.17, 15) is 0 Å². The minimum absolute atomic E-state index is 0.987. The first-order valence-electron chi connectivity index (χ1n) is 4.54. The zero-order chi connectivity index (χ0) is 8.32. The first kappa shape index (κ1) is 10.3. The summed E-state index contributed by atoms with van der Waals surface area (Å²) in [6.07, 6.45) is 7.28. The summed E-state index contributed by atoms with van der Waals surface area (Å²) in [6.45, 7) is 2.30. The number of halogens is 2. The zero-order valence-corrected chi connectivity index (χ0v) is 11.2. The molecule has 0 N–H and O–H groups in total. The molecule has 3 heteroatoms. The summed E-state index contributed by atoms with van der Waals surface area (Å²) >= 11 is 7.80. The molecule has 1 rings (SSSR count). The molecule has 0 nitrogen and oxygen atoms in total. The Labute approximate surface area is 86.3 Å². The van der Waals surface area contributed by atoms with E-state index >= 15 is 0 Å². The third kappa shape index (κ3) is 2.85. The van der Waals surface area contributed by atoms with Gasteiger partial charge in [0, 0.05) is 0 Å². The van der Waals surface area contributed by atoms with Crippen molar-refractivity contribution in [2.45, 2.75) is 50.6 Å². The van der Waals surface area contributed by atoms with Crippen molar-refractivity contribution in [2.24, 2.45) is 0 Å². The van der Waals surface area contributed by atoms with Gasteiger partial charge in [0.25, 0.3) is 0 Å². The van der Waals surface area contributed by atoms with Gasteiger partial charge in [-0.1, -0.05) is 39.0 Å². The highest BCUT2D eigenvalue weighted by Crippen LogP contribution is 2.45. The van der Waals surface area contributed by atoms with Gasteiger partial charge in [-0.05, 0) is 11.6 Å². The molecule has 0 aromatic heterocycles. The third-order valence-electron chi connectivity index (χ3n) is 2.67. The lowest BCUT2D eigenvalue weighted by molar-refractivity contribution is 0.498. The molecule has 0 radical (unpaired) electrons. The molecule has 0 atom stereocenters. The summed E-state index contributed by atoms with van der Waals surface area (Å²) in [4.78, 5) is 0. The average Bonchev–Trinajstić information content (AvgIpc) is 2.06. The zero-order valence-electron chi connectivity index (χ0n) is 7.08. The predicted molar refractivity (Wildman–Crippen MR) is 60.9 cm³/mol. The quantitative estimate of drug-likeness (QED) is 0.517. The van der Waals surface area contributed by atoms with Crippen LogP contribution in [0.2, 0.25) is 11.6 Å². The Morgan fingerprint density at radius 1 is 1.18 bits per heavy atom. The maximum atomic E-state index is 3.90. The lowest BCUT2D eigenvalue weighted by Gasteiger charge is -2.30. The summed E-state index contributed by atoms with van der Waals surface area (Å²) in [5.74, 6) is 0. The van der Waals surface area contributed by atoms with Crippen LogP contribution in [-0.2, 0) is 0 Å². The van der Waals surface area contributed by atoms with Gasteiger partial charge in [-0.15, -0.1) is 30.6 Å². The molecule has 11 heavy (non-hydrogen) atoms. The first-order valence-corrected chi connectivity index (χ1v) is 11.3. The van der Waals surface area contributed by atoms with Crippen molar-refractivity contribution in [3.05, 3.63) is 0 Å². The van der Waals surface area contributed by atoms with Crippen molar-refractivity contribution in [2.75, 3.05) is 0 Å². The van der Waals surface area contributed by atoms with Crippen LogP contribution in [0, 0.1) is 0 Å². The molecule has 0 aliphatic heterocycles. The Hall–Kier alpha value is 1.18. The largest absolute Gasteiger partial charge is 0.203 e. The molecule has 0 spiro atoms. The summed E-state index contributed by atoms with van der Waals surface area (Å²) in [5, 5.41) is -1.15. The Balaban J connectivity index is 2.43. The van der Waals surface area contributed by atoms with Gasteiger partial charge in [-0.2, -0.15) is 0 Å². The van der Waals surface area contributed by atoms with Crippen LogP contribution in [0.3, 0.4) is 0 Å². The van der Waals surface area contributed by atoms with Gasteiger partial charge in [-0.3, -0.25) is 0 Å². The van der Waals surface area contributed by atoms with Crippen LogP contribution in [0.15, 0.2) is 0 Å².